The molecule has 3 N–H and O–H groups in total. The second-order valence-corrected chi connectivity index (χ2v) is 5.32. The predicted molar refractivity (Wildman–Crippen MR) is 87.2 cm³/mol. The Morgan fingerprint density at radius 1 is 1.45 bits per heavy atom. The molecule has 1 aromatic carbocycles. The van der Waals surface area contributed by atoms with E-state index in [-0.39, 0.29) is 0 Å². The highest BCUT2D eigenvalue weighted by Gasteiger charge is 2.10. The molecule has 0 aliphatic rings. The Labute approximate surface area is 124 Å². The fraction of sp³-hybridized carbons (Fsp3) is 0.333. The van der Waals surface area contributed by atoms with E-state index in [1.807, 2.05) is 30.3 Å². The lowest BCUT2D eigenvalue weighted by atomic mass is 10.1. The summed E-state index contributed by atoms with van der Waals surface area (Å²) < 4.78 is 5.13. The van der Waals surface area contributed by atoms with Crippen molar-refractivity contribution < 1.29 is 4.74 Å². The van der Waals surface area contributed by atoms with Gasteiger partial charge in [-0.3, -0.25) is 0 Å². The number of hydrogen-bond donors (Lipinski definition) is 2. The first-order chi connectivity index (χ1) is 9.61. The molecular formula is C15H19N3OS. The highest BCUT2D eigenvalue weighted by molar-refractivity contribution is 7.80. The van der Waals surface area contributed by atoms with Crippen LogP contribution in [0.3, 0.4) is 0 Å². The molecule has 0 saturated carbocycles. The van der Waals surface area contributed by atoms with Crippen LogP contribution in [-0.4, -0.2) is 30.2 Å². The number of thiocarbonyl (C=S) groups is 1. The minimum absolute atomic E-state index is 0.352. The van der Waals surface area contributed by atoms with Crippen LogP contribution >= 0.6 is 12.2 Å². The van der Waals surface area contributed by atoms with Gasteiger partial charge in [-0.2, -0.15) is 0 Å². The molecule has 0 amide bonds. The Balaban J connectivity index is 2.30. The molecule has 1 atom stereocenters. The zero-order chi connectivity index (χ0) is 14.5. The smallest absolute Gasteiger partial charge is 0.136 e. The van der Waals surface area contributed by atoms with Crippen molar-refractivity contribution in [1.29, 1.82) is 0 Å². The number of fused-ring (bicyclic) bond motifs is 1. The fourth-order valence-electron chi connectivity index (χ4n) is 2.05. The van der Waals surface area contributed by atoms with Gasteiger partial charge in [-0.15, -0.1) is 0 Å². The van der Waals surface area contributed by atoms with Gasteiger partial charge >= 0.3 is 0 Å². The molecule has 106 valence electrons. The molecular weight excluding hydrogens is 270 g/mol. The Morgan fingerprint density at radius 2 is 2.20 bits per heavy atom. The molecule has 2 rings (SSSR count). The summed E-state index contributed by atoms with van der Waals surface area (Å²) in [5.74, 6) is 1.12. The number of para-hydroxylation sites is 1. The van der Waals surface area contributed by atoms with Gasteiger partial charge in [-0.1, -0.05) is 37.3 Å². The van der Waals surface area contributed by atoms with Crippen molar-refractivity contribution in [3.63, 3.8) is 0 Å². The normalized spacial score (nSPS) is 12.3. The van der Waals surface area contributed by atoms with Crippen molar-refractivity contribution in [3.05, 3.63) is 35.9 Å². The molecule has 0 saturated heterocycles. The number of ether oxygens (including phenoxy) is 1. The SMILES string of the molecule is COCC(C)CNc1nc2ccccc2cc1C(N)=S. The number of aromatic nitrogens is 1. The van der Waals surface area contributed by atoms with E-state index in [9.17, 15) is 0 Å². The number of benzene rings is 1. The van der Waals surface area contributed by atoms with Gasteiger partial charge in [0.1, 0.15) is 10.8 Å². The zero-order valence-electron chi connectivity index (χ0n) is 11.7. The lowest BCUT2D eigenvalue weighted by Gasteiger charge is -2.15. The number of anilines is 1. The summed E-state index contributed by atoms with van der Waals surface area (Å²) in [6, 6.07) is 9.89. The van der Waals surface area contributed by atoms with E-state index in [4.69, 9.17) is 22.7 Å². The molecule has 1 aromatic heterocycles. The summed E-state index contributed by atoms with van der Waals surface area (Å²) in [4.78, 5) is 4.96. The van der Waals surface area contributed by atoms with Gasteiger partial charge in [-0.25, -0.2) is 4.98 Å². The Hall–Kier alpha value is -1.72. The monoisotopic (exact) mass is 289 g/mol. The largest absolute Gasteiger partial charge is 0.389 e. The molecule has 1 heterocycles. The molecule has 2 aromatic rings. The van der Waals surface area contributed by atoms with Crippen molar-refractivity contribution in [2.45, 2.75) is 6.92 Å². The van der Waals surface area contributed by atoms with Crippen LogP contribution < -0.4 is 11.1 Å². The minimum atomic E-state index is 0.352. The summed E-state index contributed by atoms with van der Waals surface area (Å²) in [5, 5.41) is 4.35. The highest BCUT2D eigenvalue weighted by Crippen LogP contribution is 2.20. The average Bonchev–Trinajstić information content (AvgIpc) is 2.44. The van der Waals surface area contributed by atoms with Crippen LogP contribution in [0.2, 0.25) is 0 Å². The van der Waals surface area contributed by atoms with E-state index in [1.165, 1.54) is 0 Å². The lowest BCUT2D eigenvalue weighted by molar-refractivity contribution is 0.164. The van der Waals surface area contributed by atoms with Gasteiger partial charge in [0, 0.05) is 19.0 Å². The average molecular weight is 289 g/mol. The standard InChI is InChI=1S/C15H19N3OS/c1-10(9-19-2)8-17-15-12(14(16)20)7-11-5-3-4-6-13(11)18-15/h3-7,10H,8-9H2,1-2H3,(H2,16,20)(H,17,18). The van der Waals surface area contributed by atoms with Crippen LogP contribution in [0.15, 0.2) is 30.3 Å². The van der Waals surface area contributed by atoms with Gasteiger partial charge < -0.3 is 15.8 Å². The number of methoxy groups -OCH3 is 1. The Bertz CT molecular complexity index is 615. The van der Waals surface area contributed by atoms with Crippen LogP contribution in [-0.2, 0) is 4.74 Å². The third kappa shape index (κ3) is 3.43. The van der Waals surface area contributed by atoms with E-state index >= 15 is 0 Å². The Kier molecular flexibility index (Phi) is 4.87. The first-order valence-corrected chi connectivity index (χ1v) is 6.95. The number of nitrogens with one attached hydrogen (secondary N) is 1. The van der Waals surface area contributed by atoms with Crippen molar-refractivity contribution >= 4 is 33.9 Å². The van der Waals surface area contributed by atoms with E-state index in [2.05, 4.69) is 17.2 Å². The number of nitrogens with zero attached hydrogens (tertiary/aromatic N) is 1. The summed E-state index contributed by atoms with van der Waals surface area (Å²) in [7, 11) is 1.70. The molecule has 0 bridgehead atoms. The number of hydrogen-bond acceptors (Lipinski definition) is 4. The van der Waals surface area contributed by atoms with Crippen LogP contribution in [0.25, 0.3) is 10.9 Å². The van der Waals surface area contributed by atoms with Crippen molar-refractivity contribution in [3.8, 4) is 0 Å². The molecule has 4 nitrogen and oxygen atoms in total. The molecule has 20 heavy (non-hydrogen) atoms. The minimum Gasteiger partial charge on any atom is -0.389 e. The molecule has 0 aliphatic heterocycles. The van der Waals surface area contributed by atoms with E-state index in [0.717, 1.165) is 28.8 Å². The molecule has 1 unspecified atom stereocenters. The van der Waals surface area contributed by atoms with Gasteiger partial charge in [0.05, 0.1) is 17.7 Å². The van der Waals surface area contributed by atoms with Crippen LogP contribution in [0, 0.1) is 5.92 Å². The van der Waals surface area contributed by atoms with E-state index in [1.54, 1.807) is 7.11 Å². The second kappa shape index (κ2) is 6.63. The van der Waals surface area contributed by atoms with E-state index < -0.39 is 0 Å². The molecule has 0 radical (unpaired) electrons. The summed E-state index contributed by atoms with van der Waals surface area (Å²) in [5.41, 5.74) is 7.50. The van der Waals surface area contributed by atoms with Crippen LogP contribution in [0.4, 0.5) is 5.82 Å². The fourth-order valence-corrected chi connectivity index (χ4v) is 2.21. The Morgan fingerprint density at radius 3 is 2.90 bits per heavy atom. The molecule has 0 fully saturated rings. The summed E-state index contributed by atoms with van der Waals surface area (Å²) in [6.07, 6.45) is 0. The van der Waals surface area contributed by atoms with Gasteiger partial charge in [-0.05, 0) is 18.1 Å². The van der Waals surface area contributed by atoms with Crippen molar-refractivity contribution in [1.82, 2.24) is 4.98 Å². The highest BCUT2D eigenvalue weighted by atomic mass is 32.1. The first kappa shape index (κ1) is 14.7. The lowest BCUT2D eigenvalue weighted by Crippen LogP contribution is -2.20. The number of nitrogens with two attached hydrogens (primary N) is 1. The van der Waals surface area contributed by atoms with Gasteiger partial charge in [0.15, 0.2) is 0 Å². The van der Waals surface area contributed by atoms with Crippen LogP contribution in [0.5, 0.6) is 0 Å². The maximum Gasteiger partial charge on any atom is 0.136 e. The zero-order valence-corrected chi connectivity index (χ0v) is 12.5. The quantitative estimate of drug-likeness (QED) is 0.800. The van der Waals surface area contributed by atoms with Gasteiger partial charge in [0.2, 0.25) is 0 Å². The third-order valence-electron chi connectivity index (χ3n) is 3.06. The summed E-state index contributed by atoms with van der Waals surface area (Å²) >= 11 is 5.12. The third-order valence-corrected chi connectivity index (χ3v) is 3.28. The maximum absolute atomic E-state index is 5.80. The summed E-state index contributed by atoms with van der Waals surface area (Å²) in [6.45, 7) is 3.57. The van der Waals surface area contributed by atoms with Crippen LogP contribution in [0.1, 0.15) is 12.5 Å². The predicted octanol–water partition coefficient (Wildman–Crippen LogP) is 2.56. The first-order valence-electron chi connectivity index (χ1n) is 6.54. The maximum atomic E-state index is 5.80. The number of rotatable bonds is 6. The molecule has 0 aliphatic carbocycles. The van der Waals surface area contributed by atoms with E-state index in [0.29, 0.717) is 17.5 Å². The topological polar surface area (TPSA) is 60.2 Å². The molecule has 5 heteroatoms. The number of pyridine rings is 1. The van der Waals surface area contributed by atoms with Crippen molar-refractivity contribution in [2.75, 3.05) is 25.6 Å². The van der Waals surface area contributed by atoms with Crippen molar-refractivity contribution in [2.24, 2.45) is 11.7 Å². The second-order valence-electron chi connectivity index (χ2n) is 4.88. The molecule has 0 spiro atoms. The van der Waals surface area contributed by atoms with Gasteiger partial charge in [0.25, 0.3) is 0 Å².